The third-order valence-electron chi connectivity index (χ3n) is 5.09. The maximum absolute atomic E-state index is 12.4. The van der Waals surface area contributed by atoms with Crippen molar-refractivity contribution in [2.24, 2.45) is 0 Å². The van der Waals surface area contributed by atoms with E-state index in [1.165, 1.54) is 18.2 Å². The number of ether oxygens (including phenoxy) is 1. The molecule has 4 rings (SSSR count). The maximum Gasteiger partial charge on any atom is 0.233 e. The quantitative estimate of drug-likeness (QED) is 0.773. The molecule has 3 heterocycles. The smallest absolute Gasteiger partial charge is 0.233 e. The fraction of sp³-hybridized carbons (Fsp3) is 0.300. The van der Waals surface area contributed by atoms with Crippen LogP contribution in [0.4, 0.5) is 5.82 Å². The minimum atomic E-state index is -0.0343. The van der Waals surface area contributed by atoms with E-state index >= 15 is 0 Å². The summed E-state index contributed by atoms with van der Waals surface area (Å²) in [5, 5.41) is 15.8. The van der Waals surface area contributed by atoms with E-state index in [2.05, 4.69) is 52.7 Å². The first-order chi connectivity index (χ1) is 13.0. The number of aryl methyl sites for hydroxylation is 3. The van der Waals surface area contributed by atoms with Crippen LogP contribution in [0.2, 0.25) is 0 Å². The number of carbonyl (C=O) groups is 1. The van der Waals surface area contributed by atoms with E-state index in [9.17, 15) is 4.79 Å². The molecule has 0 fully saturated rings. The van der Waals surface area contributed by atoms with E-state index in [4.69, 9.17) is 4.74 Å². The van der Waals surface area contributed by atoms with Gasteiger partial charge in [-0.05, 0) is 43.5 Å². The lowest BCUT2D eigenvalue weighted by Crippen LogP contribution is -2.25. The number of nitrogens with zero attached hydrogens (tertiary/aromatic N) is 4. The standard InChI is InChI=1S/C20H21N5O2/c1-11-5-6-14(9-12(11)2)15-10-17(26)21-20-19(15)13(3)24-25(20)16-7-8-18(27-4)23-22-16/h5-9,15H,10H2,1-4H3,(H,21,26)/t15-/m0/s1. The molecule has 1 amide bonds. The summed E-state index contributed by atoms with van der Waals surface area (Å²) in [5.41, 5.74) is 5.46. The second-order valence-corrected chi connectivity index (χ2v) is 6.84. The Morgan fingerprint density at radius 2 is 1.93 bits per heavy atom. The summed E-state index contributed by atoms with van der Waals surface area (Å²) >= 11 is 0. The molecule has 138 valence electrons. The number of aromatic nitrogens is 4. The predicted octanol–water partition coefficient (Wildman–Crippen LogP) is 3.07. The molecule has 3 aromatic rings. The van der Waals surface area contributed by atoms with Gasteiger partial charge in [-0.1, -0.05) is 18.2 Å². The highest BCUT2D eigenvalue weighted by molar-refractivity contribution is 5.95. The van der Waals surface area contributed by atoms with Gasteiger partial charge in [0.1, 0.15) is 5.82 Å². The number of methoxy groups -OCH3 is 1. The SMILES string of the molecule is COc1ccc(-n2nc(C)c3c2NC(=O)C[C@H]3c2ccc(C)c(C)c2)nn1. The van der Waals surface area contributed by atoms with Crippen LogP contribution in [0.3, 0.4) is 0 Å². The van der Waals surface area contributed by atoms with Crippen molar-refractivity contribution in [3.05, 3.63) is 58.3 Å². The van der Waals surface area contributed by atoms with Crippen LogP contribution < -0.4 is 10.1 Å². The Morgan fingerprint density at radius 1 is 1.11 bits per heavy atom. The highest BCUT2D eigenvalue weighted by Gasteiger charge is 2.33. The first-order valence-corrected chi connectivity index (χ1v) is 8.82. The van der Waals surface area contributed by atoms with Gasteiger partial charge in [0, 0.05) is 24.0 Å². The highest BCUT2D eigenvalue weighted by atomic mass is 16.5. The summed E-state index contributed by atoms with van der Waals surface area (Å²) in [6, 6.07) is 9.85. The van der Waals surface area contributed by atoms with Gasteiger partial charge in [-0.15, -0.1) is 10.2 Å². The first kappa shape index (κ1) is 17.2. The van der Waals surface area contributed by atoms with E-state index in [1.807, 2.05) is 6.92 Å². The third kappa shape index (κ3) is 2.95. The Kier molecular flexibility index (Phi) is 4.14. The van der Waals surface area contributed by atoms with Crippen molar-refractivity contribution < 1.29 is 9.53 Å². The number of anilines is 1. The van der Waals surface area contributed by atoms with Crippen LogP contribution >= 0.6 is 0 Å². The molecule has 0 unspecified atom stereocenters. The van der Waals surface area contributed by atoms with Crippen molar-refractivity contribution >= 4 is 11.7 Å². The second-order valence-electron chi connectivity index (χ2n) is 6.84. The summed E-state index contributed by atoms with van der Waals surface area (Å²) in [6.07, 6.45) is 0.399. The zero-order valence-electron chi connectivity index (χ0n) is 15.8. The van der Waals surface area contributed by atoms with E-state index in [0.717, 1.165) is 16.8 Å². The summed E-state index contributed by atoms with van der Waals surface area (Å²) < 4.78 is 6.70. The van der Waals surface area contributed by atoms with Crippen LogP contribution in [-0.4, -0.2) is 33.0 Å². The predicted molar refractivity (Wildman–Crippen MR) is 101 cm³/mol. The molecule has 1 N–H and O–H groups in total. The number of benzene rings is 1. The molecule has 1 aliphatic rings. The number of hydrogen-bond acceptors (Lipinski definition) is 5. The first-order valence-electron chi connectivity index (χ1n) is 8.82. The van der Waals surface area contributed by atoms with Crippen LogP contribution in [0.1, 0.15) is 40.3 Å². The zero-order valence-corrected chi connectivity index (χ0v) is 15.8. The lowest BCUT2D eigenvalue weighted by molar-refractivity contribution is -0.116. The lowest BCUT2D eigenvalue weighted by Gasteiger charge is -2.24. The Hall–Kier alpha value is -3.22. The molecule has 1 aromatic carbocycles. The van der Waals surface area contributed by atoms with Gasteiger partial charge in [0.15, 0.2) is 5.82 Å². The van der Waals surface area contributed by atoms with Gasteiger partial charge in [0.2, 0.25) is 11.8 Å². The average Bonchev–Trinajstić information content (AvgIpc) is 3.00. The molecule has 1 aliphatic heterocycles. The van der Waals surface area contributed by atoms with Gasteiger partial charge in [-0.2, -0.15) is 9.78 Å². The monoisotopic (exact) mass is 363 g/mol. The van der Waals surface area contributed by atoms with E-state index in [-0.39, 0.29) is 11.8 Å². The van der Waals surface area contributed by atoms with Crippen molar-refractivity contribution in [3.8, 4) is 11.7 Å². The van der Waals surface area contributed by atoms with Crippen molar-refractivity contribution in [3.63, 3.8) is 0 Å². The normalized spacial score (nSPS) is 16.0. The van der Waals surface area contributed by atoms with Crippen molar-refractivity contribution in [1.29, 1.82) is 0 Å². The molecule has 0 spiro atoms. The Balaban J connectivity index is 1.83. The van der Waals surface area contributed by atoms with Gasteiger partial charge in [-0.3, -0.25) is 4.79 Å². The summed E-state index contributed by atoms with van der Waals surface area (Å²) in [4.78, 5) is 12.4. The highest BCUT2D eigenvalue weighted by Crippen LogP contribution is 2.40. The minimum absolute atomic E-state index is 0.0339. The molecule has 0 radical (unpaired) electrons. The molecular weight excluding hydrogens is 342 g/mol. The molecule has 0 saturated carbocycles. The number of amides is 1. The Morgan fingerprint density at radius 3 is 2.59 bits per heavy atom. The average molecular weight is 363 g/mol. The molecule has 0 bridgehead atoms. The maximum atomic E-state index is 12.4. The Labute approximate surface area is 157 Å². The van der Waals surface area contributed by atoms with Crippen molar-refractivity contribution in [2.45, 2.75) is 33.1 Å². The largest absolute Gasteiger partial charge is 0.480 e. The fourth-order valence-corrected chi connectivity index (χ4v) is 3.51. The molecule has 0 saturated heterocycles. The second kappa shape index (κ2) is 6.50. The van der Waals surface area contributed by atoms with Crippen LogP contribution in [0, 0.1) is 20.8 Å². The number of hydrogen-bond donors (Lipinski definition) is 1. The summed E-state index contributed by atoms with van der Waals surface area (Å²) in [6.45, 7) is 6.13. The van der Waals surface area contributed by atoms with Gasteiger partial charge in [-0.25, -0.2) is 0 Å². The minimum Gasteiger partial charge on any atom is -0.480 e. The van der Waals surface area contributed by atoms with Crippen LogP contribution in [0.15, 0.2) is 30.3 Å². The number of nitrogens with one attached hydrogen (secondary N) is 1. The molecule has 7 heteroatoms. The van der Waals surface area contributed by atoms with E-state index in [0.29, 0.717) is 23.9 Å². The third-order valence-corrected chi connectivity index (χ3v) is 5.09. The van der Waals surface area contributed by atoms with Gasteiger partial charge in [0.25, 0.3) is 0 Å². The molecule has 0 aliphatic carbocycles. The summed E-state index contributed by atoms with van der Waals surface area (Å²) in [7, 11) is 1.54. The lowest BCUT2D eigenvalue weighted by atomic mass is 9.84. The van der Waals surface area contributed by atoms with Crippen molar-refractivity contribution in [2.75, 3.05) is 12.4 Å². The molecule has 1 atom stereocenters. The number of fused-ring (bicyclic) bond motifs is 1. The Bertz CT molecular complexity index is 1020. The van der Waals surface area contributed by atoms with Gasteiger partial charge < -0.3 is 10.1 Å². The van der Waals surface area contributed by atoms with Crippen LogP contribution in [0.5, 0.6) is 5.88 Å². The van der Waals surface area contributed by atoms with Crippen LogP contribution in [0.25, 0.3) is 5.82 Å². The van der Waals surface area contributed by atoms with Gasteiger partial charge >= 0.3 is 0 Å². The number of carbonyl (C=O) groups excluding carboxylic acids is 1. The molecular formula is C20H21N5O2. The molecule has 2 aromatic heterocycles. The topological polar surface area (TPSA) is 81.9 Å². The van der Waals surface area contributed by atoms with Gasteiger partial charge in [0.05, 0.1) is 12.8 Å². The van der Waals surface area contributed by atoms with E-state index < -0.39 is 0 Å². The summed E-state index contributed by atoms with van der Waals surface area (Å²) in [5.74, 6) is 1.54. The number of rotatable bonds is 3. The van der Waals surface area contributed by atoms with Crippen LogP contribution in [-0.2, 0) is 4.79 Å². The molecule has 27 heavy (non-hydrogen) atoms. The fourth-order valence-electron chi connectivity index (χ4n) is 3.51. The van der Waals surface area contributed by atoms with E-state index in [1.54, 1.807) is 16.8 Å². The zero-order chi connectivity index (χ0) is 19.1. The van der Waals surface area contributed by atoms with Crippen molar-refractivity contribution in [1.82, 2.24) is 20.0 Å². The molecule has 7 nitrogen and oxygen atoms in total.